The van der Waals surface area contributed by atoms with Gasteiger partial charge in [0.2, 0.25) is 0 Å². The fourth-order valence-corrected chi connectivity index (χ4v) is 4.24. The van der Waals surface area contributed by atoms with Crippen molar-refractivity contribution in [3.63, 3.8) is 0 Å². The molecule has 3 heterocycles. The molecule has 0 radical (unpaired) electrons. The fourth-order valence-electron chi connectivity index (χ4n) is 4.24. The zero-order chi connectivity index (χ0) is 22.5. The van der Waals surface area contributed by atoms with E-state index in [1.165, 1.54) is 5.56 Å². The van der Waals surface area contributed by atoms with Crippen LogP contribution in [0.25, 0.3) is 33.3 Å². The number of hydrogen-bond donors (Lipinski definition) is 2. The van der Waals surface area contributed by atoms with E-state index < -0.39 is 0 Å². The molecule has 1 aliphatic rings. The van der Waals surface area contributed by atoms with Crippen LogP contribution >= 0.6 is 0 Å². The summed E-state index contributed by atoms with van der Waals surface area (Å²) >= 11 is 0. The second-order valence-corrected chi connectivity index (χ2v) is 8.32. The number of aromatic nitrogens is 2. The average Bonchev–Trinajstić information content (AvgIpc) is 2.88. The number of hydrogen-bond acceptors (Lipinski definition) is 5. The Balaban J connectivity index is 1.36. The molecular weight excluding hydrogens is 412 g/mol. The molecule has 0 bridgehead atoms. The second-order valence-electron chi connectivity index (χ2n) is 8.32. The molecule has 5 rings (SSSR count). The van der Waals surface area contributed by atoms with Crippen LogP contribution in [0.2, 0.25) is 0 Å². The average molecular weight is 441 g/mol. The van der Waals surface area contributed by atoms with E-state index in [-0.39, 0.29) is 5.56 Å². The van der Waals surface area contributed by atoms with E-state index in [2.05, 4.69) is 51.6 Å². The van der Waals surface area contributed by atoms with Gasteiger partial charge in [-0.3, -0.25) is 9.69 Å². The zero-order valence-electron chi connectivity index (χ0n) is 18.6. The number of pyridine rings is 2. The van der Waals surface area contributed by atoms with Crippen molar-refractivity contribution in [1.29, 1.82) is 0 Å². The number of fused-ring (bicyclic) bond motifs is 1. The minimum atomic E-state index is -0.123. The number of aromatic amines is 1. The first-order valence-corrected chi connectivity index (χ1v) is 11.5. The standard InChI is InChI=1S/C27H28N4O2/c32-27-24-18-23(21-4-2-1-3-5-21)26(30-25(24)10-11-29-27)22-8-6-20(7-9-22)19-28-12-13-31-14-16-33-17-15-31/h1-11,18,28H,12-17,19H2,(H,29,32). The Morgan fingerprint density at radius 1 is 0.970 bits per heavy atom. The summed E-state index contributed by atoms with van der Waals surface area (Å²) in [6, 6.07) is 22.4. The van der Waals surface area contributed by atoms with Gasteiger partial charge in [-0.1, -0.05) is 54.6 Å². The van der Waals surface area contributed by atoms with Gasteiger partial charge in [0.25, 0.3) is 5.56 Å². The molecule has 4 aromatic rings. The lowest BCUT2D eigenvalue weighted by molar-refractivity contribution is 0.0384. The summed E-state index contributed by atoms with van der Waals surface area (Å²) in [6.45, 7) is 6.54. The topological polar surface area (TPSA) is 70.2 Å². The van der Waals surface area contributed by atoms with E-state index in [0.717, 1.165) is 68.3 Å². The number of rotatable bonds is 7. The molecule has 2 aromatic carbocycles. The van der Waals surface area contributed by atoms with Gasteiger partial charge in [-0.15, -0.1) is 0 Å². The van der Waals surface area contributed by atoms with E-state index in [4.69, 9.17) is 9.72 Å². The Kier molecular flexibility index (Phi) is 6.58. The molecule has 33 heavy (non-hydrogen) atoms. The Hall–Kier alpha value is -3.32. The number of ether oxygens (including phenoxy) is 1. The molecule has 0 unspecified atom stereocenters. The Morgan fingerprint density at radius 3 is 2.55 bits per heavy atom. The molecule has 2 aromatic heterocycles. The Labute approximate surface area is 193 Å². The maximum Gasteiger partial charge on any atom is 0.257 e. The van der Waals surface area contributed by atoms with Crippen LogP contribution in [0.5, 0.6) is 0 Å². The molecule has 6 heteroatoms. The van der Waals surface area contributed by atoms with Crippen LogP contribution in [-0.2, 0) is 11.3 Å². The highest BCUT2D eigenvalue weighted by molar-refractivity contribution is 5.91. The van der Waals surface area contributed by atoms with Gasteiger partial charge in [0, 0.05) is 50.0 Å². The van der Waals surface area contributed by atoms with Crippen molar-refractivity contribution in [1.82, 2.24) is 20.2 Å². The minimum Gasteiger partial charge on any atom is -0.379 e. The molecule has 1 saturated heterocycles. The van der Waals surface area contributed by atoms with Crippen molar-refractivity contribution in [2.45, 2.75) is 6.54 Å². The van der Waals surface area contributed by atoms with Crippen LogP contribution in [0.1, 0.15) is 5.56 Å². The first kappa shape index (κ1) is 21.5. The first-order chi connectivity index (χ1) is 16.3. The predicted octanol–water partition coefficient (Wildman–Crippen LogP) is 3.68. The third-order valence-electron chi connectivity index (χ3n) is 6.10. The Morgan fingerprint density at radius 2 is 1.76 bits per heavy atom. The van der Waals surface area contributed by atoms with Crippen LogP contribution < -0.4 is 10.9 Å². The summed E-state index contributed by atoms with van der Waals surface area (Å²) in [5.41, 5.74) is 5.72. The van der Waals surface area contributed by atoms with Gasteiger partial charge in [-0.2, -0.15) is 0 Å². The van der Waals surface area contributed by atoms with Gasteiger partial charge in [0.15, 0.2) is 0 Å². The van der Waals surface area contributed by atoms with Crippen molar-refractivity contribution in [3.8, 4) is 22.4 Å². The molecule has 0 spiro atoms. The second kappa shape index (κ2) is 10.1. The predicted molar refractivity (Wildman–Crippen MR) is 132 cm³/mol. The normalized spacial score (nSPS) is 14.5. The van der Waals surface area contributed by atoms with E-state index >= 15 is 0 Å². The third-order valence-corrected chi connectivity index (χ3v) is 6.10. The quantitative estimate of drug-likeness (QED) is 0.429. The van der Waals surface area contributed by atoms with Gasteiger partial charge >= 0.3 is 0 Å². The largest absolute Gasteiger partial charge is 0.379 e. The lowest BCUT2D eigenvalue weighted by atomic mass is 9.97. The molecule has 168 valence electrons. The molecule has 0 saturated carbocycles. The van der Waals surface area contributed by atoms with E-state index in [9.17, 15) is 4.79 Å². The summed E-state index contributed by atoms with van der Waals surface area (Å²) in [6.07, 6.45) is 1.65. The van der Waals surface area contributed by atoms with Crippen LogP contribution in [0.3, 0.4) is 0 Å². The van der Waals surface area contributed by atoms with Crippen molar-refractivity contribution in [3.05, 3.63) is 88.8 Å². The molecule has 1 fully saturated rings. The molecule has 1 aliphatic heterocycles. The lowest BCUT2D eigenvalue weighted by Gasteiger charge is -2.26. The number of nitrogens with one attached hydrogen (secondary N) is 2. The molecule has 6 nitrogen and oxygen atoms in total. The minimum absolute atomic E-state index is 0.123. The molecule has 2 N–H and O–H groups in total. The maximum absolute atomic E-state index is 12.4. The monoisotopic (exact) mass is 440 g/mol. The summed E-state index contributed by atoms with van der Waals surface area (Å²) in [7, 11) is 0. The van der Waals surface area contributed by atoms with Crippen LogP contribution in [0.15, 0.2) is 77.7 Å². The van der Waals surface area contributed by atoms with Crippen LogP contribution in [0, 0.1) is 0 Å². The molecule has 0 amide bonds. The number of nitrogens with zero attached hydrogens (tertiary/aromatic N) is 2. The molecule has 0 aliphatic carbocycles. The zero-order valence-corrected chi connectivity index (χ0v) is 18.6. The SMILES string of the molecule is O=c1[nH]ccc2nc(-c3ccc(CNCCN4CCOCC4)cc3)c(-c3ccccc3)cc12. The van der Waals surface area contributed by atoms with Crippen molar-refractivity contribution in [2.75, 3.05) is 39.4 Å². The van der Waals surface area contributed by atoms with Gasteiger partial charge in [0.1, 0.15) is 0 Å². The number of benzene rings is 2. The van der Waals surface area contributed by atoms with Crippen molar-refractivity contribution >= 4 is 10.9 Å². The van der Waals surface area contributed by atoms with Crippen LogP contribution in [-0.4, -0.2) is 54.3 Å². The first-order valence-electron chi connectivity index (χ1n) is 11.5. The summed E-state index contributed by atoms with van der Waals surface area (Å²) in [5.74, 6) is 0. The highest BCUT2D eigenvalue weighted by Crippen LogP contribution is 2.32. The maximum atomic E-state index is 12.4. The fraction of sp³-hybridized carbons (Fsp3) is 0.259. The summed E-state index contributed by atoms with van der Waals surface area (Å²) in [4.78, 5) is 22.4. The number of morpholine rings is 1. The number of H-pyrrole nitrogens is 1. The summed E-state index contributed by atoms with van der Waals surface area (Å²) < 4.78 is 5.40. The molecular formula is C27H28N4O2. The highest BCUT2D eigenvalue weighted by atomic mass is 16.5. The van der Waals surface area contributed by atoms with Crippen LogP contribution in [0.4, 0.5) is 0 Å². The van der Waals surface area contributed by atoms with Gasteiger partial charge in [0.05, 0.1) is 29.8 Å². The summed E-state index contributed by atoms with van der Waals surface area (Å²) in [5, 5.41) is 4.14. The Bertz CT molecular complexity index is 1260. The smallest absolute Gasteiger partial charge is 0.257 e. The lowest BCUT2D eigenvalue weighted by Crippen LogP contribution is -2.40. The van der Waals surface area contributed by atoms with E-state index in [1.807, 2.05) is 30.3 Å². The van der Waals surface area contributed by atoms with Gasteiger partial charge in [-0.25, -0.2) is 4.98 Å². The van der Waals surface area contributed by atoms with E-state index in [1.54, 1.807) is 6.20 Å². The molecule has 0 atom stereocenters. The van der Waals surface area contributed by atoms with E-state index in [0.29, 0.717) is 10.9 Å². The van der Waals surface area contributed by atoms with Crippen molar-refractivity contribution < 1.29 is 4.74 Å². The highest BCUT2D eigenvalue weighted by Gasteiger charge is 2.13. The third kappa shape index (κ3) is 5.03. The van der Waals surface area contributed by atoms with Gasteiger partial charge < -0.3 is 15.0 Å². The van der Waals surface area contributed by atoms with Crippen molar-refractivity contribution in [2.24, 2.45) is 0 Å². The van der Waals surface area contributed by atoms with Gasteiger partial charge in [-0.05, 0) is 23.3 Å².